The van der Waals surface area contributed by atoms with Gasteiger partial charge in [0.15, 0.2) is 5.13 Å². The Bertz CT molecular complexity index is 1000. The Hall–Kier alpha value is -1.64. The molecule has 1 aliphatic heterocycles. The van der Waals surface area contributed by atoms with Gasteiger partial charge in [-0.2, -0.15) is 0 Å². The zero-order chi connectivity index (χ0) is 20.2. The van der Waals surface area contributed by atoms with Crippen molar-refractivity contribution in [3.63, 3.8) is 0 Å². The predicted molar refractivity (Wildman–Crippen MR) is 122 cm³/mol. The average Bonchev–Trinajstić information content (AvgIpc) is 3.17. The minimum Gasteiger partial charge on any atom is -0.379 e. The Kier molecular flexibility index (Phi) is 6.72. The highest BCUT2D eigenvalue weighted by molar-refractivity contribution is 7.98. The van der Waals surface area contributed by atoms with Gasteiger partial charge in [0.05, 0.1) is 23.4 Å². The molecule has 1 aliphatic rings. The number of aromatic nitrogens is 1. The van der Waals surface area contributed by atoms with E-state index < -0.39 is 0 Å². The Labute approximate surface area is 183 Å². The van der Waals surface area contributed by atoms with Crippen molar-refractivity contribution in [2.45, 2.75) is 4.90 Å². The number of anilines is 1. The topological polar surface area (TPSA) is 45.7 Å². The van der Waals surface area contributed by atoms with E-state index in [0.29, 0.717) is 22.3 Å². The van der Waals surface area contributed by atoms with Crippen LogP contribution in [0.5, 0.6) is 0 Å². The molecule has 152 valence electrons. The number of rotatable bonds is 6. The molecule has 1 fully saturated rings. The standard InChI is InChI=1S/C21H22ClN3O2S2/c1-28-17-4-2-3-15(13-17)20(26)25(8-7-24-9-11-27-12-10-24)21-23-18-6-5-16(22)14-19(18)29-21/h2-6,13-14H,7-12H2,1H3. The van der Waals surface area contributed by atoms with Crippen LogP contribution in [0.15, 0.2) is 47.4 Å². The minimum atomic E-state index is -0.0284. The molecule has 0 atom stereocenters. The summed E-state index contributed by atoms with van der Waals surface area (Å²) in [6.07, 6.45) is 2.01. The lowest BCUT2D eigenvalue weighted by Gasteiger charge is -2.29. The lowest BCUT2D eigenvalue weighted by atomic mass is 10.2. The number of thiazole rings is 1. The Balaban J connectivity index is 1.64. The van der Waals surface area contributed by atoms with Crippen LogP contribution >= 0.6 is 34.7 Å². The summed E-state index contributed by atoms with van der Waals surface area (Å²) in [4.78, 5) is 23.4. The highest BCUT2D eigenvalue weighted by Gasteiger charge is 2.23. The number of nitrogens with zero attached hydrogens (tertiary/aromatic N) is 3. The van der Waals surface area contributed by atoms with Crippen molar-refractivity contribution in [1.82, 2.24) is 9.88 Å². The molecule has 0 unspecified atom stereocenters. The maximum absolute atomic E-state index is 13.4. The smallest absolute Gasteiger partial charge is 0.260 e. The van der Waals surface area contributed by atoms with Crippen molar-refractivity contribution in [3.8, 4) is 0 Å². The van der Waals surface area contributed by atoms with Crippen molar-refractivity contribution in [1.29, 1.82) is 0 Å². The van der Waals surface area contributed by atoms with Gasteiger partial charge in [-0.3, -0.25) is 14.6 Å². The Morgan fingerprint density at radius 2 is 2.10 bits per heavy atom. The van der Waals surface area contributed by atoms with Crippen molar-refractivity contribution in [3.05, 3.63) is 53.1 Å². The quantitative estimate of drug-likeness (QED) is 0.514. The van der Waals surface area contributed by atoms with Crippen LogP contribution in [-0.2, 0) is 4.74 Å². The molecule has 2 heterocycles. The number of morpholine rings is 1. The molecule has 0 spiro atoms. The van der Waals surface area contributed by atoms with Crippen molar-refractivity contribution in [2.24, 2.45) is 0 Å². The Morgan fingerprint density at radius 1 is 1.28 bits per heavy atom. The van der Waals surface area contributed by atoms with Crippen LogP contribution in [0.2, 0.25) is 5.02 Å². The third kappa shape index (κ3) is 4.92. The first-order valence-electron chi connectivity index (χ1n) is 9.46. The molecule has 29 heavy (non-hydrogen) atoms. The molecule has 0 N–H and O–H groups in total. The van der Waals surface area contributed by atoms with Gasteiger partial charge >= 0.3 is 0 Å². The third-order valence-electron chi connectivity index (χ3n) is 4.88. The van der Waals surface area contributed by atoms with Gasteiger partial charge in [-0.25, -0.2) is 4.98 Å². The molecule has 8 heteroatoms. The van der Waals surface area contributed by atoms with E-state index in [1.807, 2.05) is 48.7 Å². The maximum Gasteiger partial charge on any atom is 0.260 e. The maximum atomic E-state index is 13.4. The number of hydrogen-bond donors (Lipinski definition) is 0. The first-order valence-corrected chi connectivity index (χ1v) is 11.9. The number of amides is 1. The van der Waals surface area contributed by atoms with Crippen molar-refractivity contribution >= 4 is 56.0 Å². The molecule has 5 nitrogen and oxygen atoms in total. The first kappa shape index (κ1) is 20.6. The van der Waals surface area contributed by atoms with Crippen LogP contribution in [0.3, 0.4) is 0 Å². The van der Waals surface area contributed by atoms with E-state index in [1.165, 1.54) is 11.3 Å². The fourth-order valence-electron chi connectivity index (χ4n) is 3.26. The number of halogens is 1. The summed E-state index contributed by atoms with van der Waals surface area (Å²) in [5, 5.41) is 1.38. The second kappa shape index (κ2) is 9.45. The molecule has 2 aromatic carbocycles. The van der Waals surface area contributed by atoms with Crippen LogP contribution < -0.4 is 4.90 Å². The van der Waals surface area contributed by atoms with Gasteiger partial charge in [0.2, 0.25) is 0 Å². The molecule has 3 aromatic rings. The van der Waals surface area contributed by atoms with E-state index >= 15 is 0 Å². The normalized spacial score (nSPS) is 15.0. The van der Waals surface area contributed by atoms with Crippen molar-refractivity contribution < 1.29 is 9.53 Å². The zero-order valence-corrected chi connectivity index (χ0v) is 18.5. The van der Waals surface area contributed by atoms with E-state index in [9.17, 15) is 4.79 Å². The van der Waals surface area contributed by atoms with Gasteiger partial charge in [0.25, 0.3) is 5.91 Å². The summed E-state index contributed by atoms with van der Waals surface area (Å²) >= 11 is 9.27. The average molecular weight is 448 g/mol. The molecule has 0 radical (unpaired) electrons. The summed E-state index contributed by atoms with van der Waals surface area (Å²) < 4.78 is 6.42. The molecular formula is C21H22ClN3O2S2. The Morgan fingerprint density at radius 3 is 2.90 bits per heavy atom. The number of carbonyl (C=O) groups is 1. The van der Waals surface area contributed by atoms with Gasteiger partial charge in [-0.1, -0.05) is 29.0 Å². The molecular weight excluding hydrogens is 426 g/mol. The molecule has 4 rings (SSSR count). The lowest BCUT2D eigenvalue weighted by molar-refractivity contribution is 0.0391. The molecule has 0 bridgehead atoms. The predicted octanol–water partition coefficient (Wildman–Crippen LogP) is 4.65. The number of carbonyl (C=O) groups excluding carboxylic acids is 1. The zero-order valence-electron chi connectivity index (χ0n) is 16.1. The van der Waals surface area contributed by atoms with Crippen LogP contribution in [0.25, 0.3) is 10.2 Å². The van der Waals surface area contributed by atoms with Gasteiger partial charge in [-0.15, -0.1) is 11.8 Å². The van der Waals surface area contributed by atoms with E-state index in [4.69, 9.17) is 21.3 Å². The van der Waals surface area contributed by atoms with E-state index in [0.717, 1.165) is 48.0 Å². The number of hydrogen-bond acceptors (Lipinski definition) is 6. The largest absolute Gasteiger partial charge is 0.379 e. The van der Waals surface area contributed by atoms with Crippen LogP contribution in [-0.4, -0.2) is 61.4 Å². The fourth-order valence-corrected chi connectivity index (χ4v) is 4.99. The second-order valence-corrected chi connectivity index (χ2v) is 9.08. The molecule has 1 amide bonds. The molecule has 0 saturated carbocycles. The highest BCUT2D eigenvalue weighted by atomic mass is 35.5. The van der Waals surface area contributed by atoms with Gasteiger partial charge in [0.1, 0.15) is 0 Å². The summed E-state index contributed by atoms with van der Waals surface area (Å²) in [5.74, 6) is -0.0284. The monoisotopic (exact) mass is 447 g/mol. The summed E-state index contributed by atoms with van der Waals surface area (Å²) in [7, 11) is 0. The lowest BCUT2D eigenvalue weighted by Crippen LogP contribution is -2.43. The molecule has 1 aromatic heterocycles. The first-order chi connectivity index (χ1) is 14.1. The minimum absolute atomic E-state index is 0.0284. The van der Waals surface area contributed by atoms with E-state index in [-0.39, 0.29) is 5.91 Å². The van der Waals surface area contributed by atoms with E-state index in [2.05, 4.69) is 4.90 Å². The second-order valence-electron chi connectivity index (χ2n) is 6.75. The van der Waals surface area contributed by atoms with Crippen LogP contribution in [0, 0.1) is 0 Å². The molecule has 1 saturated heterocycles. The number of benzene rings is 2. The third-order valence-corrected chi connectivity index (χ3v) is 6.88. The summed E-state index contributed by atoms with van der Waals surface area (Å²) in [5.41, 5.74) is 1.53. The molecule has 0 aliphatic carbocycles. The van der Waals surface area contributed by atoms with Gasteiger partial charge in [-0.05, 0) is 42.7 Å². The number of thioether (sulfide) groups is 1. The fraction of sp³-hybridized carbons (Fsp3) is 0.333. The van der Waals surface area contributed by atoms with E-state index in [1.54, 1.807) is 16.7 Å². The van der Waals surface area contributed by atoms with Crippen molar-refractivity contribution in [2.75, 3.05) is 50.5 Å². The number of fused-ring (bicyclic) bond motifs is 1. The summed E-state index contributed by atoms with van der Waals surface area (Å²) in [6.45, 7) is 4.62. The number of ether oxygens (including phenoxy) is 1. The highest BCUT2D eigenvalue weighted by Crippen LogP contribution is 2.32. The van der Waals surface area contributed by atoms with Gasteiger partial charge < -0.3 is 4.74 Å². The SMILES string of the molecule is CSc1cccc(C(=O)N(CCN2CCOCC2)c2nc3ccc(Cl)cc3s2)c1. The van der Waals surface area contributed by atoms with Crippen LogP contribution in [0.4, 0.5) is 5.13 Å². The van der Waals surface area contributed by atoms with Gasteiger partial charge in [0, 0.05) is 41.7 Å². The van der Waals surface area contributed by atoms with Crippen LogP contribution in [0.1, 0.15) is 10.4 Å². The summed E-state index contributed by atoms with van der Waals surface area (Å²) in [6, 6.07) is 13.4.